The van der Waals surface area contributed by atoms with Crippen molar-refractivity contribution in [2.45, 2.75) is 39.7 Å². The first-order valence-corrected chi connectivity index (χ1v) is 13.9. The van der Waals surface area contributed by atoms with Gasteiger partial charge < -0.3 is 10.6 Å². The summed E-state index contributed by atoms with van der Waals surface area (Å²) in [5.74, 6) is -0.449. The number of nitrogens with zero attached hydrogens (tertiary/aromatic N) is 1. The molecule has 0 bridgehead atoms. The zero-order chi connectivity index (χ0) is 22.9. The second kappa shape index (κ2) is 9.46. The quantitative estimate of drug-likeness (QED) is 0.617. The molecule has 0 radical (unpaired) electrons. The van der Waals surface area contributed by atoms with E-state index < -0.39 is 10.0 Å². The standard InChI is InChI=1S/C22H25N3O4S3/c1-14-21(26)24-19-13-18(6-7-20(19)31-14)32(28,29)25-10-8-15(9-11-25)22(27)23-16-4-3-5-17(12-16)30-2/h3-7,12-15H,8-11H2,1-2H3,(H,23,27)(H,24,26)/t14-/m1/s1. The monoisotopic (exact) mass is 491 g/mol. The molecular weight excluding hydrogens is 466 g/mol. The van der Waals surface area contributed by atoms with Gasteiger partial charge in [-0.05, 0) is 62.4 Å². The summed E-state index contributed by atoms with van der Waals surface area (Å²) in [4.78, 5) is 26.7. The van der Waals surface area contributed by atoms with E-state index in [2.05, 4.69) is 10.6 Å². The molecule has 0 spiro atoms. The third-order valence-corrected chi connectivity index (χ3v) is 9.48. The number of rotatable bonds is 5. The van der Waals surface area contributed by atoms with Crippen LogP contribution in [0.1, 0.15) is 19.8 Å². The maximum Gasteiger partial charge on any atom is 0.243 e. The molecule has 2 aromatic rings. The van der Waals surface area contributed by atoms with Crippen LogP contribution in [0, 0.1) is 5.92 Å². The summed E-state index contributed by atoms with van der Waals surface area (Å²) in [5, 5.41) is 5.52. The van der Waals surface area contributed by atoms with Crippen molar-refractivity contribution in [2.75, 3.05) is 30.0 Å². The summed E-state index contributed by atoms with van der Waals surface area (Å²) >= 11 is 3.02. The van der Waals surface area contributed by atoms with Gasteiger partial charge >= 0.3 is 0 Å². The number of sulfonamides is 1. The smallest absolute Gasteiger partial charge is 0.243 e. The highest BCUT2D eigenvalue weighted by molar-refractivity contribution is 8.01. The Kier molecular flexibility index (Phi) is 6.85. The van der Waals surface area contributed by atoms with E-state index >= 15 is 0 Å². The largest absolute Gasteiger partial charge is 0.326 e. The van der Waals surface area contributed by atoms with Gasteiger partial charge in [0, 0.05) is 34.5 Å². The minimum Gasteiger partial charge on any atom is -0.326 e. The van der Waals surface area contributed by atoms with Crippen LogP contribution in [0.5, 0.6) is 0 Å². The van der Waals surface area contributed by atoms with Gasteiger partial charge in [-0.3, -0.25) is 9.59 Å². The fourth-order valence-corrected chi connectivity index (χ4v) is 6.69. The number of carbonyl (C=O) groups excluding carboxylic acids is 2. The Bertz CT molecular complexity index is 1140. The van der Waals surface area contributed by atoms with Gasteiger partial charge in [-0.15, -0.1) is 23.5 Å². The maximum atomic E-state index is 13.2. The van der Waals surface area contributed by atoms with Gasteiger partial charge in [0.1, 0.15) is 0 Å². The molecule has 0 aromatic heterocycles. The van der Waals surface area contributed by atoms with Gasteiger partial charge in [0.2, 0.25) is 21.8 Å². The minimum atomic E-state index is -3.71. The summed E-state index contributed by atoms with van der Waals surface area (Å²) in [6.45, 7) is 2.37. The zero-order valence-electron chi connectivity index (χ0n) is 17.8. The lowest BCUT2D eigenvalue weighted by Gasteiger charge is -2.31. The first kappa shape index (κ1) is 23.2. The fraction of sp³-hybridized carbons (Fsp3) is 0.364. The lowest BCUT2D eigenvalue weighted by molar-refractivity contribution is -0.121. The van der Waals surface area contributed by atoms with Crippen LogP contribution in [0.3, 0.4) is 0 Å². The zero-order valence-corrected chi connectivity index (χ0v) is 20.3. The highest BCUT2D eigenvalue weighted by atomic mass is 32.2. The number of hydrogen-bond acceptors (Lipinski definition) is 6. The molecule has 2 N–H and O–H groups in total. The average molecular weight is 492 g/mol. The number of thioether (sulfide) groups is 2. The minimum absolute atomic E-state index is 0.0806. The molecule has 0 aliphatic carbocycles. The molecule has 0 saturated carbocycles. The van der Waals surface area contributed by atoms with Crippen LogP contribution in [-0.2, 0) is 19.6 Å². The van der Waals surface area contributed by atoms with Crippen LogP contribution in [-0.4, -0.2) is 49.1 Å². The highest BCUT2D eigenvalue weighted by Gasteiger charge is 2.33. The third kappa shape index (κ3) is 4.83. The summed E-state index contributed by atoms with van der Waals surface area (Å²) in [7, 11) is -3.71. The Balaban J connectivity index is 1.40. The van der Waals surface area contributed by atoms with Crippen LogP contribution < -0.4 is 10.6 Å². The summed E-state index contributed by atoms with van der Waals surface area (Å²) in [6.07, 6.45) is 2.90. The van der Waals surface area contributed by atoms with E-state index in [9.17, 15) is 18.0 Å². The van der Waals surface area contributed by atoms with Crippen molar-refractivity contribution in [2.24, 2.45) is 5.92 Å². The van der Waals surface area contributed by atoms with Crippen LogP contribution in [0.25, 0.3) is 0 Å². The lowest BCUT2D eigenvalue weighted by atomic mass is 9.97. The van der Waals surface area contributed by atoms with Crippen molar-refractivity contribution in [3.05, 3.63) is 42.5 Å². The molecule has 10 heteroatoms. The highest BCUT2D eigenvalue weighted by Crippen LogP contribution is 2.37. The van der Waals surface area contributed by atoms with Crippen LogP contribution in [0.2, 0.25) is 0 Å². The Morgan fingerprint density at radius 3 is 2.66 bits per heavy atom. The Hall–Kier alpha value is -2.01. The maximum absolute atomic E-state index is 13.2. The van der Waals surface area contributed by atoms with Gasteiger partial charge in [-0.1, -0.05) is 6.07 Å². The van der Waals surface area contributed by atoms with Crippen molar-refractivity contribution in [1.29, 1.82) is 0 Å². The van der Waals surface area contributed by atoms with Crippen LogP contribution in [0.4, 0.5) is 11.4 Å². The number of amides is 2. The third-order valence-electron chi connectivity index (χ3n) is 5.68. The second-order valence-corrected chi connectivity index (χ2v) is 12.0. The predicted molar refractivity (Wildman–Crippen MR) is 129 cm³/mol. The molecule has 4 rings (SSSR count). The topological polar surface area (TPSA) is 95.6 Å². The molecule has 1 fully saturated rings. The summed E-state index contributed by atoms with van der Waals surface area (Å²) < 4.78 is 27.7. The number of anilines is 2. The van der Waals surface area contributed by atoms with Crippen molar-refractivity contribution < 1.29 is 18.0 Å². The molecule has 2 aromatic carbocycles. The molecular formula is C22H25N3O4S3. The molecule has 7 nitrogen and oxygen atoms in total. The molecule has 32 heavy (non-hydrogen) atoms. The SMILES string of the molecule is CSc1cccc(NC(=O)C2CCN(S(=O)(=O)c3ccc4c(c3)NC(=O)[C@@H](C)S4)CC2)c1. The predicted octanol–water partition coefficient (Wildman–Crippen LogP) is 3.88. The van der Waals surface area contributed by atoms with Gasteiger partial charge in [-0.25, -0.2) is 8.42 Å². The van der Waals surface area contributed by atoms with Crippen molar-refractivity contribution in [3.8, 4) is 0 Å². The lowest BCUT2D eigenvalue weighted by Crippen LogP contribution is -2.41. The molecule has 1 atom stereocenters. The van der Waals surface area contributed by atoms with Gasteiger partial charge in [0.15, 0.2) is 0 Å². The number of carbonyl (C=O) groups is 2. The van der Waals surface area contributed by atoms with E-state index in [0.29, 0.717) is 18.5 Å². The number of fused-ring (bicyclic) bond motifs is 1. The fourth-order valence-electron chi connectivity index (χ4n) is 3.80. The summed E-state index contributed by atoms with van der Waals surface area (Å²) in [6, 6.07) is 12.5. The number of hydrogen-bond donors (Lipinski definition) is 2. The first-order valence-electron chi connectivity index (χ1n) is 10.3. The molecule has 0 unspecified atom stereocenters. The Morgan fingerprint density at radius 2 is 1.94 bits per heavy atom. The number of benzene rings is 2. The molecule has 2 amide bonds. The van der Waals surface area contributed by atoms with Gasteiger partial charge in [0.05, 0.1) is 15.8 Å². The van der Waals surface area contributed by atoms with Crippen molar-refractivity contribution >= 4 is 56.7 Å². The van der Waals surface area contributed by atoms with E-state index in [4.69, 9.17) is 0 Å². The average Bonchev–Trinajstić information content (AvgIpc) is 2.79. The van der Waals surface area contributed by atoms with E-state index in [1.807, 2.05) is 37.4 Å². The Labute approximate surface area is 196 Å². The second-order valence-electron chi connectivity index (χ2n) is 7.81. The molecule has 2 heterocycles. The van der Waals surface area contributed by atoms with E-state index in [1.165, 1.54) is 22.1 Å². The number of piperidine rings is 1. The number of nitrogens with one attached hydrogen (secondary N) is 2. The van der Waals surface area contributed by atoms with Crippen molar-refractivity contribution in [3.63, 3.8) is 0 Å². The van der Waals surface area contributed by atoms with Crippen molar-refractivity contribution in [1.82, 2.24) is 4.31 Å². The van der Waals surface area contributed by atoms with Crippen LogP contribution in [0.15, 0.2) is 57.2 Å². The van der Waals surface area contributed by atoms with Crippen LogP contribution >= 0.6 is 23.5 Å². The van der Waals surface area contributed by atoms with Gasteiger partial charge in [-0.2, -0.15) is 4.31 Å². The van der Waals surface area contributed by atoms with Gasteiger partial charge in [0.25, 0.3) is 0 Å². The molecule has 1 saturated heterocycles. The van der Waals surface area contributed by atoms with E-state index in [0.717, 1.165) is 15.5 Å². The Morgan fingerprint density at radius 1 is 1.19 bits per heavy atom. The van der Waals surface area contributed by atoms with E-state index in [-0.39, 0.29) is 41.0 Å². The summed E-state index contributed by atoms with van der Waals surface area (Å²) in [5.41, 5.74) is 1.28. The molecule has 170 valence electrons. The molecule has 2 aliphatic rings. The normalized spacial score (nSPS) is 19.8. The van der Waals surface area contributed by atoms with E-state index in [1.54, 1.807) is 23.9 Å². The first-order chi connectivity index (χ1) is 15.3. The molecule has 2 aliphatic heterocycles.